The first-order valence-electron chi connectivity index (χ1n) is 8.39. The van der Waals surface area contributed by atoms with E-state index >= 15 is 0 Å². The standard InChI is InChI=1S/C19H18ClN3O2S2/c1-12(10-21)27-19-22-17-16(18(24)23(19)8-5-9-25-2)14(11-26-17)13-6-3-4-7-15(13)20/h3-4,6-7,11-12H,5,8-9H2,1-2H3. The molecule has 27 heavy (non-hydrogen) atoms. The molecular formula is C19H18ClN3O2S2. The van der Waals surface area contributed by atoms with E-state index in [1.165, 1.54) is 23.1 Å². The van der Waals surface area contributed by atoms with Crippen molar-refractivity contribution in [1.29, 1.82) is 5.26 Å². The summed E-state index contributed by atoms with van der Waals surface area (Å²) in [6, 6.07) is 9.65. The summed E-state index contributed by atoms with van der Waals surface area (Å²) in [4.78, 5) is 18.7. The lowest BCUT2D eigenvalue weighted by Gasteiger charge is -2.13. The average molecular weight is 420 g/mol. The minimum Gasteiger partial charge on any atom is -0.385 e. The van der Waals surface area contributed by atoms with Crippen molar-refractivity contribution >= 4 is 44.9 Å². The van der Waals surface area contributed by atoms with E-state index in [2.05, 4.69) is 11.1 Å². The van der Waals surface area contributed by atoms with Crippen LogP contribution in [0.1, 0.15) is 13.3 Å². The fraction of sp³-hybridized carbons (Fsp3) is 0.316. The number of nitrogens with zero attached hydrogens (tertiary/aromatic N) is 3. The third-order valence-electron chi connectivity index (χ3n) is 4.02. The summed E-state index contributed by atoms with van der Waals surface area (Å²) in [5.74, 6) is 0. The van der Waals surface area contributed by atoms with Crippen LogP contribution in [0, 0.1) is 11.3 Å². The van der Waals surface area contributed by atoms with Gasteiger partial charge >= 0.3 is 0 Å². The molecule has 0 aliphatic heterocycles. The topological polar surface area (TPSA) is 67.9 Å². The van der Waals surface area contributed by atoms with E-state index in [0.29, 0.717) is 40.0 Å². The number of benzene rings is 1. The molecule has 0 saturated heterocycles. The van der Waals surface area contributed by atoms with Crippen LogP contribution >= 0.6 is 34.7 Å². The first-order valence-corrected chi connectivity index (χ1v) is 10.5. The fourth-order valence-electron chi connectivity index (χ4n) is 2.72. The van der Waals surface area contributed by atoms with Crippen LogP contribution in [0.3, 0.4) is 0 Å². The maximum atomic E-state index is 13.3. The molecule has 0 aliphatic carbocycles. The number of ether oxygens (including phenoxy) is 1. The molecule has 3 rings (SSSR count). The smallest absolute Gasteiger partial charge is 0.263 e. The number of thioether (sulfide) groups is 1. The molecule has 1 unspecified atom stereocenters. The van der Waals surface area contributed by atoms with Crippen molar-refractivity contribution in [2.75, 3.05) is 13.7 Å². The molecule has 2 aromatic heterocycles. The second-order valence-electron chi connectivity index (χ2n) is 5.90. The Morgan fingerprint density at radius 2 is 2.19 bits per heavy atom. The van der Waals surface area contributed by atoms with Gasteiger partial charge in [-0.2, -0.15) is 5.26 Å². The van der Waals surface area contributed by atoms with E-state index in [9.17, 15) is 4.79 Å². The van der Waals surface area contributed by atoms with Gasteiger partial charge in [0.1, 0.15) is 4.83 Å². The van der Waals surface area contributed by atoms with Crippen molar-refractivity contribution in [2.24, 2.45) is 0 Å². The van der Waals surface area contributed by atoms with Gasteiger partial charge in [-0.1, -0.05) is 41.6 Å². The SMILES string of the molecule is COCCCn1c(SC(C)C#N)nc2scc(-c3ccccc3Cl)c2c1=O. The predicted molar refractivity (Wildman–Crippen MR) is 112 cm³/mol. The van der Waals surface area contributed by atoms with Gasteiger partial charge in [0.15, 0.2) is 5.16 Å². The maximum Gasteiger partial charge on any atom is 0.263 e. The van der Waals surface area contributed by atoms with Crippen LogP contribution in [0.2, 0.25) is 5.02 Å². The molecule has 0 fully saturated rings. The van der Waals surface area contributed by atoms with Gasteiger partial charge in [0.25, 0.3) is 5.56 Å². The van der Waals surface area contributed by atoms with Gasteiger partial charge in [-0.25, -0.2) is 4.98 Å². The summed E-state index contributed by atoms with van der Waals surface area (Å²) in [6.07, 6.45) is 0.684. The summed E-state index contributed by atoms with van der Waals surface area (Å²) >= 11 is 9.06. The van der Waals surface area contributed by atoms with Gasteiger partial charge in [-0.15, -0.1) is 11.3 Å². The number of nitriles is 1. The molecule has 0 amide bonds. The number of aromatic nitrogens is 2. The molecule has 0 radical (unpaired) electrons. The maximum absolute atomic E-state index is 13.3. The van der Waals surface area contributed by atoms with Crippen molar-refractivity contribution in [1.82, 2.24) is 9.55 Å². The molecular weight excluding hydrogens is 402 g/mol. The number of rotatable bonds is 7. The number of thiophene rings is 1. The molecule has 0 bridgehead atoms. The Morgan fingerprint density at radius 1 is 1.41 bits per heavy atom. The largest absolute Gasteiger partial charge is 0.385 e. The third-order valence-corrected chi connectivity index (χ3v) is 6.20. The summed E-state index contributed by atoms with van der Waals surface area (Å²) in [6.45, 7) is 2.82. The van der Waals surface area contributed by atoms with E-state index in [0.717, 1.165) is 11.1 Å². The van der Waals surface area contributed by atoms with Crippen molar-refractivity contribution in [3.63, 3.8) is 0 Å². The highest BCUT2D eigenvalue weighted by molar-refractivity contribution is 8.00. The molecule has 140 valence electrons. The third kappa shape index (κ3) is 4.19. The lowest BCUT2D eigenvalue weighted by Crippen LogP contribution is -2.24. The Kier molecular flexibility index (Phi) is 6.55. The molecule has 2 heterocycles. The first kappa shape index (κ1) is 19.9. The Labute approximate surface area is 170 Å². The van der Waals surface area contributed by atoms with E-state index in [1.54, 1.807) is 18.6 Å². The predicted octanol–water partition coefficient (Wildman–Crippen LogP) is 4.82. The van der Waals surface area contributed by atoms with E-state index in [4.69, 9.17) is 21.6 Å². The van der Waals surface area contributed by atoms with Crippen molar-refractivity contribution in [3.8, 4) is 17.2 Å². The zero-order valence-electron chi connectivity index (χ0n) is 14.9. The van der Waals surface area contributed by atoms with Gasteiger partial charge in [0.05, 0.1) is 16.7 Å². The Balaban J connectivity index is 2.18. The van der Waals surface area contributed by atoms with Crippen LogP contribution in [-0.2, 0) is 11.3 Å². The molecule has 0 aliphatic rings. The molecule has 0 saturated carbocycles. The number of fused-ring (bicyclic) bond motifs is 1. The Hall–Kier alpha value is -1.85. The van der Waals surface area contributed by atoms with Gasteiger partial charge in [0, 0.05) is 41.8 Å². The second-order valence-corrected chi connectivity index (χ2v) is 8.47. The Bertz CT molecular complexity index is 1060. The number of halogens is 1. The minimum absolute atomic E-state index is 0.111. The highest BCUT2D eigenvalue weighted by Crippen LogP contribution is 2.36. The first-order chi connectivity index (χ1) is 13.1. The summed E-state index contributed by atoms with van der Waals surface area (Å²) in [7, 11) is 1.63. The van der Waals surface area contributed by atoms with E-state index < -0.39 is 0 Å². The average Bonchev–Trinajstić information content (AvgIpc) is 3.08. The molecule has 1 atom stereocenters. The van der Waals surface area contributed by atoms with Gasteiger partial charge < -0.3 is 4.74 Å². The summed E-state index contributed by atoms with van der Waals surface area (Å²) < 4.78 is 6.76. The van der Waals surface area contributed by atoms with E-state index in [-0.39, 0.29) is 10.8 Å². The van der Waals surface area contributed by atoms with Crippen molar-refractivity contribution in [3.05, 3.63) is 45.0 Å². The van der Waals surface area contributed by atoms with Gasteiger partial charge in [-0.3, -0.25) is 9.36 Å². The number of hydrogen-bond acceptors (Lipinski definition) is 6. The van der Waals surface area contributed by atoms with Gasteiger partial charge in [-0.05, 0) is 19.4 Å². The molecule has 0 spiro atoms. The highest BCUT2D eigenvalue weighted by atomic mass is 35.5. The molecule has 8 heteroatoms. The summed E-state index contributed by atoms with van der Waals surface area (Å²) in [5.41, 5.74) is 1.50. The minimum atomic E-state index is -0.300. The van der Waals surface area contributed by atoms with E-state index in [1.807, 2.05) is 29.6 Å². The Morgan fingerprint density at radius 3 is 2.89 bits per heavy atom. The zero-order chi connectivity index (χ0) is 19.4. The van der Waals surface area contributed by atoms with Crippen LogP contribution < -0.4 is 5.56 Å². The lowest BCUT2D eigenvalue weighted by atomic mass is 10.1. The zero-order valence-corrected chi connectivity index (χ0v) is 17.3. The van der Waals surface area contributed by atoms with Crippen molar-refractivity contribution in [2.45, 2.75) is 30.3 Å². The highest BCUT2D eigenvalue weighted by Gasteiger charge is 2.19. The quantitative estimate of drug-likeness (QED) is 0.312. The van der Waals surface area contributed by atoms with Crippen molar-refractivity contribution < 1.29 is 4.74 Å². The number of methoxy groups -OCH3 is 1. The van der Waals surface area contributed by atoms with Crippen LogP contribution in [0.5, 0.6) is 0 Å². The summed E-state index contributed by atoms with van der Waals surface area (Å²) in [5, 5.41) is 12.5. The fourth-order valence-corrected chi connectivity index (χ4v) is 4.76. The molecule has 0 N–H and O–H groups in total. The second kappa shape index (κ2) is 8.89. The van der Waals surface area contributed by atoms with Crippen LogP contribution in [-0.4, -0.2) is 28.5 Å². The molecule has 3 aromatic rings. The van der Waals surface area contributed by atoms with Crippen LogP contribution in [0.15, 0.2) is 39.6 Å². The number of hydrogen-bond donors (Lipinski definition) is 0. The monoisotopic (exact) mass is 419 g/mol. The molecule has 1 aromatic carbocycles. The van der Waals surface area contributed by atoms with Crippen LogP contribution in [0.4, 0.5) is 0 Å². The lowest BCUT2D eigenvalue weighted by molar-refractivity contribution is 0.189. The van der Waals surface area contributed by atoms with Crippen LogP contribution in [0.25, 0.3) is 21.3 Å². The molecule has 5 nitrogen and oxygen atoms in total. The van der Waals surface area contributed by atoms with Gasteiger partial charge in [0.2, 0.25) is 0 Å². The normalized spacial score (nSPS) is 12.2.